The molecule has 1 aliphatic heterocycles. The molecular weight excluding hydrogens is 298 g/mol. The molecule has 1 aromatic heterocycles. The maximum absolute atomic E-state index is 10.8. The zero-order chi connectivity index (χ0) is 14.1. The molecule has 0 aliphatic carbocycles. The van der Waals surface area contributed by atoms with E-state index >= 15 is 0 Å². The van der Waals surface area contributed by atoms with E-state index in [-0.39, 0.29) is 5.69 Å². The highest BCUT2D eigenvalue weighted by Crippen LogP contribution is 2.34. The first-order chi connectivity index (χ1) is 9.65. The van der Waals surface area contributed by atoms with Gasteiger partial charge in [-0.25, -0.2) is 9.40 Å². The van der Waals surface area contributed by atoms with Crippen molar-refractivity contribution in [3.8, 4) is 0 Å². The molecule has 2 heterocycles. The Morgan fingerprint density at radius 3 is 3.10 bits per heavy atom. The van der Waals surface area contributed by atoms with Gasteiger partial charge in [0.1, 0.15) is 13.0 Å². The van der Waals surface area contributed by atoms with Crippen LogP contribution in [0.4, 0.5) is 5.69 Å². The second kappa shape index (κ2) is 5.25. The molecule has 0 atom stereocenters. The van der Waals surface area contributed by atoms with Crippen LogP contribution in [0.2, 0.25) is 0 Å². The van der Waals surface area contributed by atoms with Crippen LogP contribution >= 0.6 is 23.3 Å². The first-order valence-electron chi connectivity index (χ1n) is 5.94. The van der Waals surface area contributed by atoms with E-state index in [0.29, 0.717) is 0 Å². The molecule has 2 aromatic rings. The van der Waals surface area contributed by atoms with Crippen molar-refractivity contribution in [1.82, 2.24) is 14.3 Å². The van der Waals surface area contributed by atoms with Crippen molar-refractivity contribution in [1.29, 1.82) is 0 Å². The lowest BCUT2D eigenvalue weighted by Gasteiger charge is -2.14. The number of nitro benzene ring substituents is 1. The van der Waals surface area contributed by atoms with Crippen LogP contribution in [0.25, 0.3) is 10.2 Å². The third kappa shape index (κ3) is 2.54. The normalized spacial score (nSPS) is 14.4. The van der Waals surface area contributed by atoms with Crippen molar-refractivity contribution >= 4 is 45.5 Å². The van der Waals surface area contributed by atoms with Crippen LogP contribution in [0.1, 0.15) is 6.92 Å². The van der Waals surface area contributed by atoms with Crippen LogP contribution in [0.3, 0.4) is 0 Å². The standard InChI is InChI=1S/C11H11N5O2S2/c1-2-14-6-12-15(7-14)20-11-13-9-4-3-8(16(17)18)5-10(9)19-11/h3-6H,2,7H2,1H3. The Labute approximate surface area is 123 Å². The van der Waals surface area contributed by atoms with E-state index < -0.39 is 4.92 Å². The lowest BCUT2D eigenvalue weighted by molar-refractivity contribution is -0.384. The molecule has 0 N–H and O–H groups in total. The van der Waals surface area contributed by atoms with Gasteiger partial charge in [0.15, 0.2) is 4.34 Å². The number of thiazole rings is 1. The van der Waals surface area contributed by atoms with Crippen LogP contribution in [-0.2, 0) is 0 Å². The summed E-state index contributed by atoms with van der Waals surface area (Å²) >= 11 is 2.88. The lowest BCUT2D eigenvalue weighted by atomic mass is 10.3. The van der Waals surface area contributed by atoms with Gasteiger partial charge in [-0.1, -0.05) is 0 Å². The quantitative estimate of drug-likeness (QED) is 0.491. The topological polar surface area (TPSA) is 74.9 Å². The highest BCUT2D eigenvalue weighted by atomic mass is 32.2. The van der Waals surface area contributed by atoms with Crippen molar-refractivity contribution in [2.45, 2.75) is 11.3 Å². The van der Waals surface area contributed by atoms with Gasteiger partial charge >= 0.3 is 0 Å². The molecule has 0 amide bonds. The second-order valence-electron chi connectivity index (χ2n) is 4.11. The molecule has 0 fully saturated rings. The molecule has 0 saturated carbocycles. The number of hydrogen-bond acceptors (Lipinski definition) is 8. The summed E-state index contributed by atoms with van der Waals surface area (Å²) < 4.78 is 3.49. The number of hydrazone groups is 1. The average molecular weight is 309 g/mol. The predicted molar refractivity (Wildman–Crippen MR) is 79.7 cm³/mol. The second-order valence-corrected chi connectivity index (χ2v) is 6.39. The fourth-order valence-corrected chi connectivity index (χ4v) is 3.75. The summed E-state index contributed by atoms with van der Waals surface area (Å²) in [5.74, 6) is 0. The molecular formula is C11H11N5O2S2. The SMILES string of the molecule is CCN1C=NN(Sc2nc3ccc([N+](=O)[O-])cc3s2)C1. The highest BCUT2D eigenvalue weighted by Gasteiger charge is 2.17. The fourth-order valence-electron chi connectivity index (χ4n) is 1.73. The van der Waals surface area contributed by atoms with Crippen molar-refractivity contribution in [2.75, 3.05) is 13.2 Å². The zero-order valence-corrected chi connectivity index (χ0v) is 12.2. The summed E-state index contributed by atoms with van der Waals surface area (Å²) in [4.78, 5) is 16.9. The number of rotatable bonds is 4. The Bertz CT molecular complexity index is 687. The van der Waals surface area contributed by atoms with E-state index in [2.05, 4.69) is 21.9 Å². The largest absolute Gasteiger partial charge is 0.341 e. The number of non-ortho nitro benzene ring substituents is 1. The minimum absolute atomic E-state index is 0.0917. The molecule has 0 saturated heterocycles. The first kappa shape index (κ1) is 13.1. The molecule has 7 nitrogen and oxygen atoms in total. The fraction of sp³-hybridized carbons (Fsp3) is 0.273. The van der Waals surface area contributed by atoms with Gasteiger partial charge in [0.2, 0.25) is 0 Å². The first-order valence-corrected chi connectivity index (χ1v) is 7.53. The van der Waals surface area contributed by atoms with Crippen molar-refractivity contribution in [2.24, 2.45) is 5.10 Å². The number of nitro groups is 1. The summed E-state index contributed by atoms with van der Waals surface area (Å²) in [7, 11) is 0. The van der Waals surface area contributed by atoms with E-state index in [1.54, 1.807) is 18.5 Å². The smallest absolute Gasteiger partial charge is 0.270 e. The molecule has 0 spiro atoms. The highest BCUT2D eigenvalue weighted by molar-refractivity contribution is 7.98. The molecule has 20 heavy (non-hydrogen) atoms. The van der Waals surface area contributed by atoms with Crippen LogP contribution in [0.15, 0.2) is 27.6 Å². The Balaban J connectivity index is 1.79. The van der Waals surface area contributed by atoms with Gasteiger partial charge in [-0.3, -0.25) is 10.1 Å². The van der Waals surface area contributed by atoms with Gasteiger partial charge in [-0.05, 0) is 13.0 Å². The molecule has 1 aliphatic rings. The van der Waals surface area contributed by atoms with Crippen molar-refractivity contribution < 1.29 is 4.92 Å². The zero-order valence-electron chi connectivity index (χ0n) is 10.6. The average Bonchev–Trinajstić information content (AvgIpc) is 3.03. The lowest BCUT2D eigenvalue weighted by Crippen LogP contribution is -2.22. The molecule has 0 bridgehead atoms. The Morgan fingerprint density at radius 1 is 1.55 bits per heavy atom. The third-order valence-electron chi connectivity index (χ3n) is 2.80. The maximum atomic E-state index is 10.8. The molecule has 0 unspecified atom stereocenters. The van der Waals surface area contributed by atoms with Crippen molar-refractivity contribution in [3.05, 3.63) is 28.3 Å². The van der Waals surface area contributed by atoms with Gasteiger partial charge in [-0.15, -0.1) is 11.3 Å². The van der Waals surface area contributed by atoms with E-state index in [9.17, 15) is 10.1 Å². The Morgan fingerprint density at radius 2 is 2.40 bits per heavy atom. The molecule has 1 aromatic carbocycles. The number of fused-ring (bicyclic) bond motifs is 1. The van der Waals surface area contributed by atoms with E-state index in [1.165, 1.54) is 29.4 Å². The molecule has 0 radical (unpaired) electrons. The van der Waals surface area contributed by atoms with Gasteiger partial charge in [0, 0.05) is 30.6 Å². The number of aromatic nitrogens is 1. The molecule has 9 heteroatoms. The number of benzene rings is 1. The van der Waals surface area contributed by atoms with Crippen LogP contribution in [-0.4, -0.2) is 38.8 Å². The minimum Gasteiger partial charge on any atom is -0.341 e. The summed E-state index contributed by atoms with van der Waals surface area (Å²) in [6.07, 6.45) is 1.80. The van der Waals surface area contributed by atoms with Crippen LogP contribution in [0, 0.1) is 10.1 Å². The van der Waals surface area contributed by atoms with Gasteiger partial charge in [0.25, 0.3) is 5.69 Å². The molecule has 3 rings (SSSR count). The molecule has 104 valence electrons. The van der Waals surface area contributed by atoms with Gasteiger partial charge < -0.3 is 4.90 Å². The predicted octanol–water partition coefficient (Wildman–Crippen LogP) is 2.75. The van der Waals surface area contributed by atoms with E-state index in [1.807, 2.05) is 4.41 Å². The summed E-state index contributed by atoms with van der Waals surface area (Å²) in [5, 5.41) is 15.0. The maximum Gasteiger partial charge on any atom is 0.270 e. The summed E-state index contributed by atoms with van der Waals surface area (Å²) in [6, 6.07) is 4.71. The summed E-state index contributed by atoms with van der Waals surface area (Å²) in [6.45, 7) is 3.70. The van der Waals surface area contributed by atoms with E-state index in [4.69, 9.17) is 0 Å². The van der Waals surface area contributed by atoms with Crippen LogP contribution < -0.4 is 0 Å². The summed E-state index contributed by atoms with van der Waals surface area (Å²) in [5.41, 5.74) is 0.868. The Hall–Kier alpha value is -1.87. The van der Waals surface area contributed by atoms with Crippen LogP contribution in [0.5, 0.6) is 0 Å². The monoisotopic (exact) mass is 309 g/mol. The third-order valence-corrected chi connectivity index (χ3v) is 4.75. The Kier molecular flexibility index (Phi) is 3.45. The minimum atomic E-state index is -0.393. The van der Waals surface area contributed by atoms with E-state index in [0.717, 1.165) is 27.8 Å². The number of hydrogen-bond donors (Lipinski definition) is 0. The van der Waals surface area contributed by atoms with Crippen molar-refractivity contribution in [3.63, 3.8) is 0 Å². The van der Waals surface area contributed by atoms with Gasteiger partial charge in [0.05, 0.1) is 15.1 Å². The number of nitrogens with zero attached hydrogens (tertiary/aromatic N) is 5. The van der Waals surface area contributed by atoms with Gasteiger partial charge in [-0.2, -0.15) is 5.10 Å².